The monoisotopic (exact) mass is 432 g/mol. The highest BCUT2D eigenvalue weighted by Gasteiger charge is 2.18. The van der Waals surface area contributed by atoms with Crippen LogP contribution in [0.25, 0.3) is 52.5 Å². The molecular weight excluding hydrogens is 400 g/mol. The molecule has 0 aliphatic carbocycles. The molecule has 0 fully saturated rings. The van der Waals surface area contributed by atoms with Crippen molar-refractivity contribution in [2.75, 3.05) is 0 Å². The Hall–Kier alpha value is -2.16. The van der Waals surface area contributed by atoms with E-state index in [0.29, 0.717) is 0 Å². The molecule has 0 aliphatic heterocycles. The predicted octanol–water partition coefficient (Wildman–Crippen LogP) is 10.7. The van der Waals surface area contributed by atoms with E-state index in [0.717, 1.165) is 0 Å². The Kier molecular flexibility index (Phi) is 7.00. The predicted molar refractivity (Wildman–Crippen MR) is 144 cm³/mol. The molecule has 0 unspecified atom stereocenters. The summed E-state index contributed by atoms with van der Waals surface area (Å²) in [4.78, 5) is 0. The molecule has 0 atom stereocenters. The Bertz CT molecular complexity index is 1210. The molecule has 0 saturated carbocycles. The van der Waals surface area contributed by atoms with Crippen LogP contribution in [0.4, 0.5) is 0 Å². The van der Waals surface area contributed by atoms with E-state index in [-0.39, 0.29) is 0 Å². The summed E-state index contributed by atoms with van der Waals surface area (Å²) in [6.07, 6.45) is 0. The average molecular weight is 433 g/mol. The van der Waals surface area contributed by atoms with Gasteiger partial charge in [0.05, 0.1) is 0 Å². The van der Waals surface area contributed by atoms with Gasteiger partial charge in [0.1, 0.15) is 0 Å². The normalized spacial score (nSPS) is 10.7. The topological polar surface area (TPSA) is 0 Å². The highest BCUT2D eigenvalue weighted by Crippen LogP contribution is 2.47. The first kappa shape index (κ1) is 22.5. The fourth-order valence-electron chi connectivity index (χ4n) is 4.35. The Morgan fingerprint density at radius 3 is 1.17 bits per heavy atom. The molecule has 2 heterocycles. The van der Waals surface area contributed by atoms with E-state index in [9.17, 15) is 0 Å². The average Bonchev–Trinajstić information content (AvgIpc) is 3.47. The lowest BCUT2D eigenvalue weighted by Crippen LogP contribution is -1.88. The number of aryl methyl sites for hydroxylation is 2. The molecule has 156 valence electrons. The van der Waals surface area contributed by atoms with Crippen molar-refractivity contribution in [3.8, 4) is 0 Å². The second-order valence-corrected chi connectivity index (χ2v) is 8.63. The van der Waals surface area contributed by atoms with E-state index in [4.69, 9.17) is 0 Å². The second-order valence-electron chi connectivity index (χ2n) is 6.80. The zero-order valence-corrected chi connectivity index (χ0v) is 21.1. The third-order valence-electron chi connectivity index (χ3n) is 5.22. The molecule has 6 aromatic rings. The SMILES string of the molecule is CC.CC.CC.Cc1cc2c3ccsc3c3cc(C)cc4c5ccsc5c(c1)c2c43. The minimum Gasteiger partial charge on any atom is -0.143 e. The summed E-state index contributed by atoms with van der Waals surface area (Å²) in [5.41, 5.74) is 2.69. The van der Waals surface area contributed by atoms with Gasteiger partial charge in [0.2, 0.25) is 0 Å². The van der Waals surface area contributed by atoms with Crippen LogP contribution in [0, 0.1) is 13.8 Å². The maximum atomic E-state index is 2.37. The van der Waals surface area contributed by atoms with Gasteiger partial charge in [-0.25, -0.2) is 0 Å². The minimum absolute atomic E-state index is 1.35. The van der Waals surface area contributed by atoms with E-state index < -0.39 is 0 Å². The summed E-state index contributed by atoms with van der Waals surface area (Å²) < 4.78 is 2.86. The maximum absolute atomic E-state index is 2.37. The van der Waals surface area contributed by atoms with Crippen molar-refractivity contribution in [1.82, 2.24) is 0 Å². The lowest BCUT2D eigenvalue weighted by atomic mass is 9.89. The van der Waals surface area contributed by atoms with Gasteiger partial charge in [-0.05, 0) is 81.5 Å². The lowest BCUT2D eigenvalue weighted by Gasteiger charge is -2.16. The van der Waals surface area contributed by atoms with Crippen LogP contribution in [0.2, 0.25) is 0 Å². The standard InChI is InChI=1S/C22H14S2.3C2H6/c1-11-7-15-13-3-5-24-22(13)18-10-12(2)8-16-14-4-6-23-21(14)17(9-11)19(15)20(16)18;3*1-2/h3-10H,1-2H3;3*1-2H3. The van der Waals surface area contributed by atoms with Crippen LogP contribution in [0.5, 0.6) is 0 Å². The van der Waals surface area contributed by atoms with E-state index in [1.54, 1.807) is 0 Å². The number of hydrogen-bond donors (Lipinski definition) is 0. The van der Waals surface area contributed by atoms with Crippen molar-refractivity contribution in [2.24, 2.45) is 0 Å². The van der Waals surface area contributed by atoms with Crippen LogP contribution in [0.3, 0.4) is 0 Å². The fraction of sp³-hybridized carbons (Fsp3) is 0.286. The van der Waals surface area contributed by atoms with Crippen LogP contribution >= 0.6 is 22.7 Å². The number of benzene rings is 4. The largest absolute Gasteiger partial charge is 0.143 e. The zero-order chi connectivity index (χ0) is 22.0. The van der Waals surface area contributed by atoms with E-state index in [2.05, 4.69) is 61.0 Å². The Balaban J connectivity index is 0.000000395. The van der Waals surface area contributed by atoms with Gasteiger partial charge in [0, 0.05) is 30.9 Å². The molecule has 6 rings (SSSR count). The van der Waals surface area contributed by atoms with Crippen molar-refractivity contribution in [2.45, 2.75) is 55.4 Å². The van der Waals surface area contributed by atoms with Crippen LogP contribution in [0.1, 0.15) is 52.7 Å². The molecule has 0 amide bonds. The third kappa shape index (κ3) is 3.27. The molecule has 0 spiro atoms. The van der Waals surface area contributed by atoms with Gasteiger partial charge in [-0.2, -0.15) is 0 Å². The summed E-state index contributed by atoms with van der Waals surface area (Å²) in [5.74, 6) is 0. The lowest BCUT2D eigenvalue weighted by molar-refractivity contribution is 1.50. The molecular formula is C28H32S2. The van der Waals surface area contributed by atoms with E-state index in [1.165, 1.54) is 63.6 Å². The molecule has 0 nitrogen and oxygen atoms in total. The molecule has 0 aliphatic rings. The van der Waals surface area contributed by atoms with Crippen molar-refractivity contribution in [1.29, 1.82) is 0 Å². The van der Waals surface area contributed by atoms with E-state index in [1.807, 2.05) is 64.2 Å². The second kappa shape index (κ2) is 9.32. The Labute approximate surface area is 188 Å². The maximum Gasteiger partial charge on any atom is 0.0427 e. The van der Waals surface area contributed by atoms with Crippen LogP contribution in [-0.2, 0) is 0 Å². The fourth-order valence-corrected chi connectivity index (χ4v) is 6.22. The summed E-state index contributed by atoms with van der Waals surface area (Å²) in [6, 6.07) is 14.1. The first-order chi connectivity index (χ1) is 14.7. The molecule has 30 heavy (non-hydrogen) atoms. The van der Waals surface area contributed by atoms with Crippen LogP contribution in [-0.4, -0.2) is 0 Å². The molecule has 2 heteroatoms. The number of hydrogen-bond acceptors (Lipinski definition) is 2. The van der Waals surface area contributed by atoms with Gasteiger partial charge in [0.25, 0.3) is 0 Å². The van der Waals surface area contributed by atoms with Gasteiger partial charge in [-0.3, -0.25) is 0 Å². The van der Waals surface area contributed by atoms with Crippen LogP contribution < -0.4 is 0 Å². The first-order valence-electron chi connectivity index (χ1n) is 11.2. The number of thiophene rings is 2. The highest BCUT2D eigenvalue weighted by molar-refractivity contribution is 7.19. The molecule has 0 bridgehead atoms. The van der Waals surface area contributed by atoms with Gasteiger partial charge in [-0.15, -0.1) is 22.7 Å². The number of fused-ring (bicyclic) bond motifs is 6. The summed E-state index contributed by atoms with van der Waals surface area (Å²) in [5, 5.41) is 15.9. The minimum atomic E-state index is 1.35. The molecule has 0 N–H and O–H groups in total. The summed E-state index contributed by atoms with van der Waals surface area (Å²) >= 11 is 3.74. The molecule has 0 radical (unpaired) electrons. The Morgan fingerprint density at radius 2 is 0.800 bits per heavy atom. The summed E-state index contributed by atoms with van der Waals surface area (Å²) in [6.45, 7) is 16.4. The van der Waals surface area contributed by atoms with E-state index >= 15 is 0 Å². The quantitative estimate of drug-likeness (QED) is 0.209. The zero-order valence-electron chi connectivity index (χ0n) is 19.4. The number of rotatable bonds is 0. The van der Waals surface area contributed by atoms with Gasteiger partial charge in [0.15, 0.2) is 0 Å². The first-order valence-corrected chi connectivity index (χ1v) is 12.9. The highest BCUT2D eigenvalue weighted by atomic mass is 32.1. The van der Waals surface area contributed by atoms with Crippen molar-refractivity contribution in [3.63, 3.8) is 0 Å². The third-order valence-corrected chi connectivity index (χ3v) is 7.11. The van der Waals surface area contributed by atoms with Crippen molar-refractivity contribution in [3.05, 3.63) is 58.3 Å². The van der Waals surface area contributed by atoms with Crippen molar-refractivity contribution >= 4 is 75.2 Å². The molecule has 0 saturated heterocycles. The van der Waals surface area contributed by atoms with Gasteiger partial charge >= 0.3 is 0 Å². The van der Waals surface area contributed by atoms with Crippen molar-refractivity contribution < 1.29 is 0 Å². The van der Waals surface area contributed by atoms with Gasteiger partial charge < -0.3 is 0 Å². The molecule has 2 aromatic heterocycles. The smallest absolute Gasteiger partial charge is 0.0427 e. The van der Waals surface area contributed by atoms with Gasteiger partial charge in [-0.1, -0.05) is 53.7 Å². The Morgan fingerprint density at radius 1 is 0.467 bits per heavy atom. The molecule has 4 aromatic carbocycles. The van der Waals surface area contributed by atoms with Crippen LogP contribution in [0.15, 0.2) is 47.2 Å². The summed E-state index contributed by atoms with van der Waals surface area (Å²) in [7, 11) is 0.